The van der Waals surface area contributed by atoms with Gasteiger partial charge in [-0.05, 0) is 26.3 Å². The van der Waals surface area contributed by atoms with Crippen LogP contribution >= 0.6 is 0 Å². The fraction of sp³-hybridized carbons (Fsp3) is 0.571. The van der Waals surface area contributed by atoms with Gasteiger partial charge in [0.25, 0.3) is 0 Å². The van der Waals surface area contributed by atoms with Gasteiger partial charge in [-0.2, -0.15) is 0 Å². The number of hydrogen-bond acceptors (Lipinski definition) is 3. The molecule has 0 spiro atoms. The van der Waals surface area contributed by atoms with Gasteiger partial charge in [-0.25, -0.2) is 0 Å². The Morgan fingerprint density at radius 2 is 2.12 bits per heavy atom. The molecule has 0 radical (unpaired) electrons. The van der Waals surface area contributed by atoms with Gasteiger partial charge in [0.15, 0.2) is 0 Å². The van der Waals surface area contributed by atoms with Crippen molar-refractivity contribution in [1.29, 1.82) is 0 Å². The van der Waals surface area contributed by atoms with Crippen molar-refractivity contribution >= 4 is 0 Å². The van der Waals surface area contributed by atoms with E-state index in [-0.39, 0.29) is 12.1 Å². The lowest BCUT2D eigenvalue weighted by Crippen LogP contribution is -2.28. The molecule has 3 nitrogen and oxygen atoms in total. The predicted octanol–water partition coefficient (Wildman–Crippen LogP) is 2.43. The van der Waals surface area contributed by atoms with Gasteiger partial charge in [-0.3, -0.25) is 0 Å². The summed E-state index contributed by atoms with van der Waals surface area (Å²) in [6.07, 6.45) is 0.485. The Morgan fingerprint density at radius 1 is 1.41 bits per heavy atom. The highest BCUT2D eigenvalue weighted by Crippen LogP contribution is 2.25. The van der Waals surface area contributed by atoms with Gasteiger partial charge >= 0.3 is 0 Å². The van der Waals surface area contributed by atoms with E-state index in [0.29, 0.717) is 6.54 Å². The van der Waals surface area contributed by atoms with E-state index in [9.17, 15) is 5.11 Å². The number of aryl methyl sites for hydroxylation is 1. The van der Waals surface area contributed by atoms with E-state index in [2.05, 4.69) is 25.2 Å². The molecule has 2 atom stereocenters. The van der Waals surface area contributed by atoms with E-state index in [4.69, 9.17) is 4.74 Å². The summed E-state index contributed by atoms with van der Waals surface area (Å²) in [4.78, 5) is 0. The van der Waals surface area contributed by atoms with Gasteiger partial charge in [-0.15, -0.1) is 0 Å². The van der Waals surface area contributed by atoms with Gasteiger partial charge in [0.05, 0.1) is 13.2 Å². The predicted molar refractivity (Wildman–Crippen MR) is 70.4 cm³/mol. The highest BCUT2D eigenvalue weighted by molar-refractivity contribution is 5.38. The lowest BCUT2D eigenvalue weighted by atomic mass is 10.0. The minimum Gasteiger partial charge on any atom is -0.496 e. The van der Waals surface area contributed by atoms with E-state index >= 15 is 0 Å². The molecular formula is C14H23NO2. The second-order valence-corrected chi connectivity index (χ2v) is 4.44. The molecule has 0 unspecified atom stereocenters. The molecule has 2 N–H and O–H groups in total. The standard InChI is InChI=1S/C14H23NO2/c1-5-12(16)9-15-11(3)13-8-10(2)6-7-14(13)17-4/h6-8,11-12,15-16H,5,9H2,1-4H3/t11-,12+/m1/s1. The fourth-order valence-electron chi connectivity index (χ4n) is 1.76. The van der Waals surface area contributed by atoms with Crippen LogP contribution < -0.4 is 10.1 Å². The minimum absolute atomic E-state index is 0.172. The summed E-state index contributed by atoms with van der Waals surface area (Å²) < 4.78 is 5.35. The van der Waals surface area contributed by atoms with Gasteiger partial charge in [-0.1, -0.05) is 24.6 Å². The Labute approximate surface area is 104 Å². The van der Waals surface area contributed by atoms with Crippen molar-refractivity contribution in [3.05, 3.63) is 29.3 Å². The van der Waals surface area contributed by atoms with Crippen molar-refractivity contribution in [3.8, 4) is 5.75 Å². The third-order valence-electron chi connectivity index (χ3n) is 2.98. The number of aliphatic hydroxyl groups is 1. The normalized spacial score (nSPS) is 14.4. The Hall–Kier alpha value is -1.06. The lowest BCUT2D eigenvalue weighted by Gasteiger charge is -2.19. The largest absolute Gasteiger partial charge is 0.496 e. The maximum absolute atomic E-state index is 9.54. The smallest absolute Gasteiger partial charge is 0.123 e. The molecule has 0 aliphatic rings. The first-order chi connectivity index (χ1) is 8.08. The summed E-state index contributed by atoms with van der Waals surface area (Å²) in [5, 5.41) is 12.9. The zero-order valence-corrected chi connectivity index (χ0v) is 11.2. The monoisotopic (exact) mass is 237 g/mol. The van der Waals surface area contributed by atoms with Crippen LogP contribution in [0.3, 0.4) is 0 Å². The number of benzene rings is 1. The molecule has 0 saturated heterocycles. The molecule has 96 valence electrons. The molecule has 0 saturated carbocycles. The second kappa shape index (κ2) is 6.62. The third-order valence-corrected chi connectivity index (χ3v) is 2.98. The lowest BCUT2D eigenvalue weighted by molar-refractivity contribution is 0.163. The SMILES string of the molecule is CC[C@H](O)CN[C@H](C)c1cc(C)ccc1OC. The Morgan fingerprint density at radius 3 is 2.71 bits per heavy atom. The number of ether oxygens (including phenoxy) is 1. The van der Waals surface area contributed by atoms with Crippen LogP contribution in [0, 0.1) is 6.92 Å². The van der Waals surface area contributed by atoms with Crippen molar-refractivity contribution in [2.24, 2.45) is 0 Å². The average Bonchev–Trinajstić information content (AvgIpc) is 2.35. The van der Waals surface area contributed by atoms with E-state index in [1.807, 2.05) is 19.1 Å². The minimum atomic E-state index is -0.284. The maximum atomic E-state index is 9.54. The highest BCUT2D eigenvalue weighted by atomic mass is 16.5. The quantitative estimate of drug-likeness (QED) is 0.798. The first kappa shape index (κ1) is 14.0. The Balaban J connectivity index is 2.73. The van der Waals surface area contributed by atoms with Crippen molar-refractivity contribution in [3.63, 3.8) is 0 Å². The van der Waals surface area contributed by atoms with Crippen LogP contribution in [0.25, 0.3) is 0 Å². The zero-order chi connectivity index (χ0) is 12.8. The summed E-state index contributed by atoms with van der Waals surface area (Å²) in [6.45, 7) is 6.73. The van der Waals surface area contributed by atoms with E-state index < -0.39 is 0 Å². The van der Waals surface area contributed by atoms with E-state index in [1.54, 1.807) is 7.11 Å². The van der Waals surface area contributed by atoms with Crippen LogP contribution in [0.4, 0.5) is 0 Å². The number of nitrogens with one attached hydrogen (secondary N) is 1. The van der Waals surface area contributed by atoms with E-state index in [1.165, 1.54) is 5.56 Å². The molecule has 1 aromatic carbocycles. The van der Waals surface area contributed by atoms with Crippen molar-refractivity contribution in [2.45, 2.75) is 39.3 Å². The second-order valence-electron chi connectivity index (χ2n) is 4.44. The van der Waals surface area contributed by atoms with Crippen LogP contribution in [-0.2, 0) is 0 Å². The van der Waals surface area contributed by atoms with Crippen LogP contribution in [0.15, 0.2) is 18.2 Å². The third kappa shape index (κ3) is 4.02. The summed E-state index contributed by atoms with van der Waals surface area (Å²) in [5.41, 5.74) is 2.35. The van der Waals surface area contributed by atoms with Crippen LogP contribution in [0.2, 0.25) is 0 Å². The van der Waals surface area contributed by atoms with Crippen LogP contribution in [0.1, 0.15) is 37.4 Å². The highest BCUT2D eigenvalue weighted by Gasteiger charge is 2.12. The molecule has 0 aromatic heterocycles. The zero-order valence-electron chi connectivity index (χ0n) is 11.2. The first-order valence-electron chi connectivity index (χ1n) is 6.14. The molecule has 1 aromatic rings. The molecule has 0 fully saturated rings. The summed E-state index contributed by atoms with van der Waals surface area (Å²) in [5.74, 6) is 0.890. The topological polar surface area (TPSA) is 41.5 Å². The number of rotatable bonds is 6. The molecule has 0 amide bonds. The Kier molecular flexibility index (Phi) is 5.45. The van der Waals surface area contributed by atoms with Gasteiger partial charge < -0.3 is 15.2 Å². The first-order valence-corrected chi connectivity index (χ1v) is 6.14. The molecule has 0 aliphatic carbocycles. The van der Waals surface area contributed by atoms with Crippen molar-refractivity contribution < 1.29 is 9.84 Å². The molecule has 3 heteroatoms. The molecule has 1 rings (SSSR count). The molecule has 0 aliphatic heterocycles. The number of aliphatic hydroxyl groups excluding tert-OH is 1. The maximum Gasteiger partial charge on any atom is 0.123 e. The molecule has 0 heterocycles. The fourth-order valence-corrected chi connectivity index (χ4v) is 1.76. The van der Waals surface area contributed by atoms with Crippen LogP contribution in [-0.4, -0.2) is 24.9 Å². The van der Waals surface area contributed by atoms with E-state index in [0.717, 1.165) is 17.7 Å². The summed E-state index contributed by atoms with van der Waals surface area (Å²) >= 11 is 0. The number of methoxy groups -OCH3 is 1. The van der Waals surface area contributed by atoms with Crippen LogP contribution in [0.5, 0.6) is 5.75 Å². The number of hydrogen-bond donors (Lipinski definition) is 2. The molecule has 17 heavy (non-hydrogen) atoms. The Bertz CT molecular complexity index is 352. The van der Waals surface area contributed by atoms with Crippen molar-refractivity contribution in [2.75, 3.05) is 13.7 Å². The molecular weight excluding hydrogens is 214 g/mol. The van der Waals surface area contributed by atoms with Crippen molar-refractivity contribution in [1.82, 2.24) is 5.32 Å². The average molecular weight is 237 g/mol. The van der Waals surface area contributed by atoms with Gasteiger partial charge in [0, 0.05) is 18.2 Å². The summed E-state index contributed by atoms with van der Waals surface area (Å²) in [7, 11) is 1.68. The van der Waals surface area contributed by atoms with Gasteiger partial charge in [0.1, 0.15) is 5.75 Å². The summed E-state index contributed by atoms with van der Waals surface area (Å²) in [6, 6.07) is 6.31. The molecule has 0 bridgehead atoms. The van der Waals surface area contributed by atoms with Gasteiger partial charge in [0.2, 0.25) is 0 Å².